The smallest absolute Gasteiger partial charge is 0.0533 e. The number of nitrogens with zero attached hydrogens (tertiary/aromatic N) is 2. The van der Waals surface area contributed by atoms with Crippen LogP contribution in [-0.4, -0.2) is 21.1 Å². The Morgan fingerprint density at radius 3 is 2.47 bits per heavy atom. The highest BCUT2D eigenvalue weighted by molar-refractivity contribution is 8.00. The molecule has 2 N–H and O–H groups in total. The highest BCUT2D eigenvalue weighted by atomic mass is 32.2. The number of thioether (sulfide) groups is 1. The molecule has 0 saturated heterocycles. The number of hydrogen-bond acceptors (Lipinski definition) is 3. The molecule has 0 fully saturated rings. The maximum atomic E-state index is 6.25. The van der Waals surface area contributed by atoms with E-state index in [1.165, 1.54) is 5.56 Å². The minimum atomic E-state index is 0.199. The number of hydrogen-bond donors (Lipinski definition) is 1. The lowest BCUT2D eigenvalue weighted by molar-refractivity contribution is 0.609. The van der Waals surface area contributed by atoms with Gasteiger partial charge in [-0.25, -0.2) is 0 Å². The van der Waals surface area contributed by atoms with E-state index in [0.29, 0.717) is 16.4 Å². The molecule has 1 aromatic rings. The zero-order valence-electron chi connectivity index (χ0n) is 11.6. The molecule has 3 atom stereocenters. The highest BCUT2D eigenvalue weighted by Gasteiger charge is 2.24. The van der Waals surface area contributed by atoms with E-state index in [0.717, 1.165) is 6.42 Å². The van der Waals surface area contributed by atoms with Gasteiger partial charge in [0.2, 0.25) is 0 Å². The summed E-state index contributed by atoms with van der Waals surface area (Å²) in [6, 6.07) is 0.199. The Morgan fingerprint density at radius 1 is 1.41 bits per heavy atom. The Morgan fingerprint density at radius 2 is 2.06 bits per heavy atom. The predicted molar refractivity (Wildman–Crippen MR) is 76.1 cm³/mol. The first-order chi connectivity index (χ1) is 7.95. The van der Waals surface area contributed by atoms with Crippen LogP contribution in [0.2, 0.25) is 0 Å². The molecule has 4 heteroatoms. The molecule has 1 aromatic heterocycles. The van der Waals surface area contributed by atoms with E-state index in [1.54, 1.807) is 0 Å². The van der Waals surface area contributed by atoms with Gasteiger partial charge in [0.25, 0.3) is 0 Å². The molecule has 1 rings (SSSR count). The SMILES string of the molecule is CCC(N)C(SC(C)C(C)C)c1cnn(C)c1. The summed E-state index contributed by atoms with van der Waals surface area (Å²) in [6.45, 7) is 8.95. The van der Waals surface area contributed by atoms with Gasteiger partial charge in [0.05, 0.1) is 6.20 Å². The summed E-state index contributed by atoms with van der Waals surface area (Å²) in [5, 5.41) is 5.22. The van der Waals surface area contributed by atoms with Gasteiger partial charge in [-0.1, -0.05) is 27.7 Å². The monoisotopic (exact) mass is 255 g/mol. The Hall–Kier alpha value is -0.480. The van der Waals surface area contributed by atoms with Crippen LogP contribution in [-0.2, 0) is 7.05 Å². The van der Waals surface area contributed by atoms with Crippen LogP contribution in [0.5, 0.6) is 0 Å². The first-order valence-electron chi connectivity index (χ1n) is 6.35. The molecular formula is C13H25N3S. The lowest BCUT2D eigenvalue weighted by atomic mass is 10.1. The number of aromatic nitrogens is 2. The molecule has 98 valence electrons. The molecule has 0 spiro atoms. The maximum absolute atomic E-state index is 6.25. The Labute approximate surface area is 109 Å². The summed E-state index contributed by atoms with van der Waals surface area (Å²) < 4.78 is 1.85. The van der Waals surface area contributed by atoms with Crippen molar-refractivity contribution in [2.24, 2.45) is 18.7 Å². The summed E-state index contributed by atoms with van der Waals surface area (Å²) in [5.74, 6) is 0.670. The van der Waals surface area contributed by atoms with Crippen molar-refractivity contribution in [2.75, 3.05) is 0 Å². The van der Waals surface area contributed by atoms with Gasteiger partial charge in [-0.3, -0.25) is 4.68 Å². The van der Waals surface area contributed by atoms with Gasteiger partial charge >= 0.3 is 0 Å². The zero-order valence-corrected chi connectivity index (χ0v) is 12.4. The highest BCUT2D eigenvalue weighted by Crippen LogP contribution is 2.37. The van der Waals surface area contributed by atoms with Crippen LogP contribution in [0.15, 0.2) is 12.4 Å². The van der Waals surface area contributed by atoms with Crippen molar-refractivity contribution in [3.63, 3.8) is 0 Å². The van der Waals surface area contributed by atoms with Crippen molar-refractivity contribution in [3.05, 3.63) is 18.0 Å². The molecule has 0 radical (unpaired) electrons. The van der Waals surface area contributed by atoms with Crippen molar-refractivity contribution >= 4 is 11.8 Å². The molecule has 0 amide bonds. The molecule has 0 aliphatic rings. The molecule has 1 heterocycles. The summed E-state index contributed by atoms with van der Waals surface area (Å²) in [5.41, 5.74) is 7.50. The van der Waals surface area contributed by atoms with E-state index >= 15 is 0 Å². The molecule has 0 aromatic carbocycles. The predicted octanol–water partition coefficient (Wildman–Crippen LogP) is 2.98. The standard InChI is InChI=1S/C13H25N3S/c1-6-12(14)13(17-10(4)9(2)3)11-7-15-16(5)8-11/h7-10,12-13H,6,14H2,1-5H3. The summed E-state index contributed by atoms with van der Waals surface area (Å²) >= 11 is 1.97. The minimum Gasteiger partial charge on any atom is -0.326 e. The molecule has 3 unspecified atom stereocenters. The quantitative estimate of drug-likeness (QED) is 0.850. The molecule has 0 aliphatic carbocycles. The van der Waals surface area contributed by atoms with Crippen LogP contribution >= 0.6 is 11.8 Å². The average molecular weight is 255 g/mol. The third kappa shape index (κ3) is 4.03. The zero-order chi connectivity index (χ0) is 13.0. The number of nitrogens with two attached hydrogens (primary N) is 1. The van der Waals surface area contributed by atoms with Gasteiger partial charge in [-0.15, -0.1) is 11.8 Å². The average Bonchev–Trinajstić information content (AvgIpc) is 2.70. The van der Waals surface area contributed by atoms with Crippen molar-refractivity contribution in [1.82, 2.24) is 9.78 Å². The van der Waals surface area contributed by atoms with E-state index in [-0.39, 0.29) is 6.04 Å². The van der Waals surface area contributed by atoms with Gasteiger partial charge in [-0.2, -0.15) is 5.10 Å². The second-order valence-corrected chi connectivity index (χ2v) is 6.55. The van der Waals surface area contributed by atoms with E-state index in [9.17, 15) is 0 Å². The normalized spacial score (nSPS) is 17.1. The van der Waals surface area contributed by atoms with E-state index in [2.05, 4.69) is 39.0 Å². The number of aryl methyl sites for hydroxylation is 1. The summed E-state index contributed by atoms with van der Waals surface area (Å²) in [4.78, 5) is 0. The fraction of sp³-hybridized carbons (Fsp3) is 0.769. The number of rotatable bonds is 6. The van der Waals surface area contributed by atoms with Crippen molar-refractivity contribution < 1.29 is 0 Å². The molecule has 17 heavy (non-hydrogen) atoms. The molecule has 0 aliphatic heterocycles. The molecule has 0 saturated carbocycles. The second kappa shape index (κ2) is 6.45. The van der Waals surface area contributed by atoms with Crippen LogP contribution in [0.1, 0.15) is 44.9 Å². The second-order valence-electron chi connectivity index (χ2n) is 5.03. The fourth-order valence-electron chi connectivity index (χ4n) is 1.62. The van der Waals surface area contributed by atoms with Gasteiger partial charge in [0, 0.05) is 35.3 Å². The van der Waals surface area contributed by atoms with Gasteiger partial charge in [0.1, 0.15) is 0 Å². The van der Waals surface area contributed by atoms with Gasteiger partial charge in [0.15, 0.2) is 0 Å². The fourth-order valence-corrected chi connectivity index (χ4v) is 3.07. The minimum absolute atomic E-state index is 0.199. The van der Waals surface area contributed by atoms with Gasteiger partial charge in [-0.05, 0) is 12.3 Å². The third-order valence-corrected chi connectivity index (χ3v) is 5.10. The molecule has 3 nitrogen and oxygen atoms in total. The first kappa shape index (κ1) is 14.6. The van der Waals surface area contributed by atoms with E-state index in [1.807, 2.05) is 29.7 Å². The maximum Gasteiger partial charge on any atom is 0.0533 e. The summed E-state index contributed by atoms with van der Waals surface area (Å²) in [7, 11) is 1.95. The largest absolute Gasteiger partial charge is 0.326 e. The van der Waals surface area contributed by atoms with Crippen molar-refractivity contribution in [2.45, 2.75) is 50.7 Å². The van der Waals surface area contributed by atoms with Crippen LogP contribution in [0.3, 0.4) is 0 Å². The molecule has 0 bridgehead atoms. The van der Waals surface area contributed by atoms with Crippen molar-refractivity contribution in [3.8, 4) is 0 Å². The Bertz CT molecular complexity index is 335. The molecular weight excluding hydrogens is 230 g/mol. The van der Waals surface area contributed by atoms with E-state index in [4.69, 9.17) is 5.73 Å². The van der Waals surface area contributed by atoms with Crippen LogP contribution in [0.25, 0.3) is 0 Å². The lowest BCUT2D eigenvalue weighted by Gasteiger charge is -2.26. The Kier molecular flexibility index (Phi) is 5.53. The van der Waals surface area contributed by atoms with Gasteiger partial charge < -0.3 is 5.73 Å². The van der Waals surface area contributed by atoms with Crippen LogP contribution < -0.4 is 5.73 Å². The van der Waals surface area contributed by atoms with Crippen LogP contribution in [0, 0.1) is 5.92 Å². The first-order valence-corrected chi connectivity index (χ1v) is 7.29. The van der Waals surface area contributed by atoms with Crippen LogP contribution in [0.4, 0.5) is 0 Å². The Balaban J connectivity index is 2.81. The third-order valence-electron chi connectivity index (χ3n) is 3.21. The lowest BCUT2D eigenvalue weighted by Crippen LogP contribution is -2.27. The van der Waals surface area contributed by atoms with Crippen molar-refractivity contribution in [1.29, 1.82) is 0 Å². The van der Waals surface area contributed by atoms with E-state index < -0.39 is 0 Å². The summed E-state index contributed by atoms with van der Waals surface area (Å²) in [6.07, 6.45) is 5.03. The topological polar surface area (TPSA) is 43.8 Å².